The summed E-state index contributed by atoms with van der Waals surface area (Å²) >= 11 is 0. The summed E-state index contributed by atoms with van der Waals surface area (Å²) < 4.78 is 4.99. The summed E-state index contributed by atoms with van der Waals surface area (Å²) in [5.74, 6) is -0.186. The van der Waals surface area contributed by atoms with Gasteiger partial charge in [0, 0.05) is 24.1 Å². The molecule has 1 rings (SSSR count). The van der Waals surface area contributed by atoms with Crippen molar-refractivity contribution in [3.8, 4) is 0 Å². The Morgan fingerprint density at radius 1 is 1.67 bits per heavy atom. The second-order valence-electron chi connectivity index (χ2n) is 3.08. The van der Waals surface area contributed by atoms with Gasteiger partial charge in [-0.2, -0.15) is 0 Å². The maximum Gasteiger partial charge on any atom is 0.250 e. The number of amides is 1. The average molecular weight is 209 g/mol. The molecule has 0 fully saturated rings. The first-order valence-corrected chi connectivity index (χ1v) is 4.72. The Kier molecular flexibility index (Phi) is 4.73. The maximum absolute atomic E-state index is 11.3. The highest BCUT2D eigenvalue weighted by Crippen LogP contribution is 2.06. The van der Waals surface area contributed by atoms with E-state index in [4.69, 9.17) is 10.5 Å². The lowest BCUT2D eigenvalue weighted by atomic mass is 10.3. The normalized spacial score (nSPS) is 10.0. The SMILES string of the molecule is Cc1cc(NC(=O)COCCN)ccn1. The zero-order chi connectivity index (χ0) is 11.1. The van der Waals surface area contributed by atoms with E-state index in [-0.39, 0.29) is 12.5 Å². The molecule has 1 heterocycles. The van der Waals surface area contributed by atoms with Crippen LogP contribution in [0, 0.1) is 6.92 Å². The molecule has 82 valence electrons. The topological polar surface area (TPSA) is 77.2 Å². The van der Waals surface area contributed by atoms with Gasteiger partial charge in [0.25, 0.3) is 0 Å². The number of rotatable bonds is 5. The number of aryl methyl sites for hydroxylation is 1. The van der Waals surface area contributed by atoms with E-state index in [2.05, 4.69) is 10.3 Å². The van der Waals surface area contributed by atoms with Crippen molar-refractivity contribution in [1.82, 2.24) is 4.98 Å². The Morgan fingerprint density at radius 2 is 2.47 bits per heavy atom. The fourth-order valence-electron chi connectivity index (χ4n) is 1.07. The number of anilines is 1. The van der Waals surface area contributed by atoms with Crippen LogP contribution in [0.5, 0.6) is 0 Å². The van der Waals surface area contributed by atoms with Crippen LogP contribution in [-0.4, -0.2) is 30.6 Å². The number of ether oxygens (including phenoxy) is 1. The van der Waals surface area contributed by atoms with Gasteiger partial charge < -0.3 is 15.8 Å². The highest BCUT2D eigenvalue weighted by atomic mass is 16.5. The van der Waals surface area contributed by atoms with Gasteiger partial charge in [-0.1, -0.05) is 0 Å². The second kappa shape index (κ2) is 6.10. The molecular formula is C10H15N3O2. The molecular weight excluding hydrogens is 194 g/mol. The predicted octanol–water partition coefficient (Wildman–Crippen LogP) is 0.304. The molecule has 0 aliphatic heterocycles. The van der Waals surface area contributed by atoms with Gasteiger partial charge in [0.2, 0.25) is 5.91 Å². The summed E-state index contributed by atoms with van der Waals surface area (Å²) in [7, 11) is 0. The third kappa shape index (κ3) is 4.53. The fraction of sp³-hybridized carbons (Fsp3) is 0.400. The molecule has 0 aliphatic rings. The second-order valence-corrected chi connectivity index (χ2v) is 3.08. The molecule has 0 spiro atoms. The lowest BCUT2D eigenvalue weighted by Gasteiger charge is -2.05. The Bertz CT molecular complexity index is 328. The zero-order valence-corrected chi connectivity index (χ0v) is 8.69. The standard InChI is InChI=1S/C10H15N3O2/c1-8-6-9(2-4-12-8)13-10(14)7-15-5-3-11/h2,4,6H,3,5,7,11H2,1H3,(H,12,13,14). The van der Waals surface area contributed by atoms with Gasteiger partial charge in [-0.3, -0.25) is 9.78 Å². The van der Waals surface area contributed by atoms with E-state index in [9.17, 15) is 4.79 Å². The van der Waals surface area contributed by atoms with Crippen molar-refractivity contribution in [1.29, 1.82) is 0 Å². The van der Waals surface area contributed by atoms with Crippen molar-refractivity contribution in [3.05, 3.63) is 24.0 Å². The number of hydrogen-bond donors (Lipinski definition) is 2. The van der Waals surface area contributed by atoms with Crippen LogP contribution in [-0.2, 0) is 9.53 Å². The number of nitrogens with two attached hydrogens (primary N) is 1. The van der Waals surface area contributed by atoms with Crippen LogP contribution in [0.25, 0.3) is 0 Å². The third-order valence-corrected chi connectivity index (χ3v) is 1.68. The average Bonchev–Trinajstić information content (AvgIpc) is 2.18. The largest absolute Gasteiger partial charge is 0.370 e. The molecule has 5 heteroatoms. The maximum atomic E-state index is 11.3. The van der Waals surface area contributed by atoms with Crippen LogP contribution in [0.3, 0.4) is 0 Å². The Hall–Kier alpha value is -1.46. The minimum Gasteiger partial charge on any atom is -0.370 e. The smallest absolute Gasteiger partial charge is 0.250 e. The van der Waals surface area contributed by atoms with Crippen LogP contribution in [0.2, 0.25) is 0 Å². The molecule has 0 bridgehead atoms. The Morgan fingerprint density at radius 3 is 3.13 bits per heavy atom. The molecule has 1 amide bonds. The van der Waals surface area contributed by atoms with E-state index in [1.165, 1.54) is 0 Å². The minimum absolute atomic E-state index is 0.0264. The van der Waals surface area contributed by atoms with Gasteiger partial charge in [0.15, 0.2) is 0 Å². The summed E-state index contributed by atoms with van der Waals surface area (Å²) in [5.41, 5.74) is 6.81. The summed E-state index contributed by atoms with van der Waals surface area (Å²) in [6, 6.07) is 3.52. The molecule has 0 aromatic carbocycles. The molecule has 0 aliphatic carbocycles. The van der Waals surface area contributed by atoms with E-state index in [0.29, 0.717) is 13.2 Å². The highest BCUT2D eigenvalue weighted by Gasteiger charge is 2.01. The van der Waals surface area contributed by atoms with Crippen LogP contribution in [0.15, 0.2) is 18.3 Å². The number of hydrogen-bond acceptors (Lipinski definition) is 4. The monoisotopic (exact) mass is 209 g/mol. The van der Waals surface area contributed by atoms with E-state index >= 15 is 0 Å². The molecule has 1 aromatic heterocycles. The molecule has 1 aromatic rings. The number of carbonyl (C=O) groups is 1. The molecule has 0 saturated heterocycles. The van der Waals surface area contributed by atoms with Gasteiger partial charge in [-0.15, -0.1) is 0 Å². The van der Waals surface area contributed by atoms with Crippen molar-refractivity contribution >= 4 is 11.6 Å². The van der Waals surface area contributed by atoms with Crippen molar-refractivity contribution in [2.24, 2.45) is 5.73 Å². The number of nitrogens with zero attached hydrogens (tertiary/aromatic N) is 1. The molecule has 0 radical (unpaired) electrons. The summed E-state index contributed by atoms with van der Waals surface area (Å²) in [4.78, 5) is 15.3. The molecule has 3 N–H and O–H groups in total. The molecule has 0 unspecified atom stereocenters. The van der Waals surface area contributed by atoms with Crippen LogP contribution in [0.1, 0.15) is 5.69 Å². The summed E-state index contributed by atoms with van der Waals surface area (Å²) in [6.07, 6.45) is 1.64. The van der Waals surface area contributed by atoms with E-state index < -0.39 is 0 Å². The predicted molar refractivity (Wildman–Crippen MR) is 57.5 cm³/mol. The van der Waals surface area contributed by atoms with Gasteiger partial charge in [0.1, 0.15) is 6.61 Å². The number of pyridine rings is 1. The van der Waals surface area contributed by atoms with Crippen molar-refractivity contribution in [3.63, 3.8) is 0 Å². The van der Waals surface area contributed by atoms with E-state index in [0.717, 1.165) is 11.4 Å². The van der Waals surface area contributed by atoms with Gasteiger partial charge in [0.05, 0.1) is 6.61 Å². The van der Waals surface area contributed by atoms with Crippen molar-refractivity contribution in [2.45, 2.75) is 6.92 Å². The molecule has 5 nitrogen and oxygen atoms in total. The van der Waals surface area contributed by atoms with E-state index in [1.54, 1.807) is 18.3 Å². The third-order valence-electron chi connectivity index (χ3n) is 1.68. The van der Waals surface area contributed by atoms with Crippen molar-refractivity contribution in [2.75, 3.05) is 25.1 Å². The first kappa shape index (κ1) is 11.6. The van der Waals surface area contributed by atoms with Gasteiger partial charge >= 0.3 is 0 Å². The summed E-state index contributed by atoms with van der Waals surface area (Å²) in [6.45, 7) is 2.70. The lowest BCUT2D eigenvalue weighted by molar-refractivity contribution is -0.120. The molecule has 0 saturated carbocycles. The first-order chi connectivity index (χ1) is 7.22. The van der Waals surface area contributed by atoms with Crippen LogP contribution >= 0.6 is 0 Å². The van der Waals surface area contributed by atoms with Gasteiger partial charge in [-0.05, 0) is 19.1 Å². The first-order valence-electron chi connectivity index (χ1n) is 4.72. The Balaban J connectivity index is 2.37. The number of aromatic nitrogens is 1. The quantitative estimate of drug-likeness (QED) is 0.684. The Labute approximate surface area is 88.6 Å². The zero-order valence-electron chi connectivity index (χ0n) is 8.69. The van der Waals surface area contributed by atoms with Crippen LogP contribution < -0.4 is 11.1 Å². The summed E-state index contributed by atoms with van der Waals surface area (Å²) in [5, 5.41) is 2.70. The van der Waals surface area contributed by atoms with Gasteiger partial charge in [-0.25, -0.2) is 0 Å². The number of carbonyl (C=O) groups excluding carboxylic acids is 1. The highest BCUT2D eigenvalue weighted by molar-refractivity contribution is 5.91. The number of nitrogens with one attached hydrogen (secondary N) is 1. The van der Waals surface area contributed by atoms with E-state index in [1.807, 2.05) is 6.92 Å². The minimum atomic E-state index is -0.186. The van der Waals surface area contributed by atoms with Crippen LogP contribution in [0.4, 0.5) is 5.69 Å². The fourth-order valence-corrected chi connectivity index (χ4v) is 1.07. The molecule has 15 heavy (non-hydrogen) atoms. The lowest BCUT2D eigenvalue weighted by Crippen LogP contribution is -2.20. The molecule has 0 atom stereocenters. The van der Waals surface area contributed by atoms with Crippen molar-refractivity contribution < 1.29 is 9.53 Å².